The number of carbonyl (C=O) groups excluding carboxylic acids is 1. The predicted molar refractivity (Wildman–Crippen MR) is 107 cm³/mol. The standard InChI is InChI=1S/C20H17ClN4O3/c1-12-2-3-13(10-15(12)21)22-19-7-5-16(24-25-19)20(26)23-14-4-6-17-18(11-14)28-9-8-27-17/h2-7,10-11H,8-9H2,1H3,(H,22,25)(H,23,26). The number of carbonyl (C=O) groups is 1. The summed E-state index contributed by atoms with van der Waals surface area (Å²) < 4.78 is 11.0. The number of aryl methyl sites for hydroxylation is 1. The Bertz CT molecular complexity index is 1020. The molecule has 3 aromatic rings. The molecule has 0 aliphatic carbocycles. The summed E-state index contributed by atoms with van der Waals surface area (Å²) in [5.74, 6) is 1.41. The molecule has 0 fully saturated rings. The van der Waals surface area contributed by atoms with Crippen molar-refractivity contribution in [3.63, 3.8) is 0 Å². The Morgan fingerprint density at radius 1 is 0.964 bits per heavy atom. The molecule has 1 aliphatic rings. The zero-order valence-electron chi connectivity index (χ0n) is 15.0. The molecule has 2 heterocycles. The summed E-state index contributed by atoms with van der Waals surface area (Å²) in [5.41, 5.74) is 2.57. The number of fused-ring (bicyclic) bond motifs is 1. The number of amides is 1. The van der Waals surface area contributed by atoms with E-state index in [0.29, 0.717) is 41.2 Å². The maximum Gasteiger partial charge on any atom is 0.276 e. The lowest BCUT2D eigenvalue weighted by Crippen LogP contribution is -2.17. The lowest BCUT2D eigenvalue weighted by molar-refractivity contribution is 0.102. The van der Waals surface area contributed by atoms with Crippen LogP contribution in [-0.4, -0.2) is 29.3 Å². The van der Waals surface area contributed by atoms with Crippen LogP contribution in [0.15, 0.2) is 48.5 Å². The molecule has 0 saturated carbocycles. The van der Waals surface area contributed by atoms with Crippen molar-refractivity contribution in [3.05, 3.63) is 64.8 Å². The first-order valence-electron chi connectivity index (χ1n) is 8.66. The number of rotatable bonds is 4. The van der Waals surface area contributed by atoms with Gasteiger partial charge in [-0.1, -0.05) is 17.7 Å². The van der Waals surface area contributed by atoms with E-state index in [1.165, 1.54) is 0 Å². The van der Waals surface area contributed by atoms with E-state index in [2.05, 4.69) is 20.8 Å². The van der Waals surface area contributed by atoms with Crippen LogP contribution < -0.4 is 20.1 Å². The highest BCUT2D eigenvalue weighted by Crippen LogP contribution is 2.32. The van der Waals surface area contributed by atoms with Crippen LogP contribution in [-0.2, 0) is 0 Å². The van der Waals surface area contributed by atoms with Crippen LogP contribution in [0.2, 0.25) is 5.02 Å². The van der Waals surface area contributed by atoms with E-state index in [9.17, 15) is 4.79 Å². The first kappa shape index (κ1) is 18.1. The molecule has 4 rings (SSSR count). The quantitative estimate of drug-likeness (QED) is 0.687. The molecule has 0 spiro atoms. The third-order valence-corrected chi connectivity index (χ3v) is 4.55. The van der Waals surface area contributed by atoms with Gasteiger partial charge in [-0.15, -0.1) is 10.2 Å². The predicted octanol–water partition coefficient (Wildman–Crippen LogP) is 4.21. The Morgan fingerprint density at radius 2 is 1.75 bits per heavy atom. The van der Waals surface area contributed by atoms with Crippen LogP contribution in [0.1, 0.15) is 16.1 Å². The van der Waals surface area contributed by atoms with Gasteiger partial charge in [0.1, 0.15) is 13.2 Å². The average molecular weight is 397 g/mol. The summed E-state index contributed by atoms with van der Waals surface area (Å²) in [7, 11) is 0. The Morgan fingerprint density at radius 3 is 2.50 bits per heavy atom. The van der Waals surface area contributed by atoms with Gasteiger partial charge in [0, 0.05) is 22.5 Å². The van der Waals surface area contributed by atoms with Crippen molar-refractivity contribution in [2.24, 2.45) is 0 Å². The topological polar surface area (TPSA) is 85.4 Å². The SMILES string of the molecule is Cc1ccc(Nc2ccc(C(=O)Nc3ccc4c(c3)OCCO4)nn2)cc1Cl. The van der Waals surface area contributed by atoms with Crippen molar-refractivity contribution in [2.75, 3.05) is 23.8 Å². The minimum atomic E-state index is -0.367. The minimum absolute atomic E-state index is 0.197. The van der Waals surface area contributed by atoms with Crippen molar-refractivity contribution >= 4 is 34.7 Å². The molecule has 0 radical (unpaired) electrons. The Kier molecular flexibility index (Phi) is 4.99. The number of hydrogen-bond donors (Lipinski definition) is 2. The summed E-state index contributed by atoms with van der Waals surface area (Å²) in [4.78, 5) is 12.4. The molecule has 2 aromatic carbocycles. The molecule has 7 nitrogen and oxygen atoms in total. The maximum atomic E-state index is 12.4. The Hall–Kier alpha value is -3.32. The van der Waals surface area contributed by atoms with E-state index in [-0.39, 0.29) is 11.6 Å². The monoisotopic (exact) mass is 396 g/mol. The smallest absolute Gasteiger partial charge is 0.276 e. The third kappa shape index (κ3) is 3.99. The van der Waals surface area contributed by atoms with E-state index >= 15 is 0 Å². The molecule has 8 heteroatoms. The summed E-state index contributed by atoms with van der Waals surface area (Å²) in [6.45, 7) is 2.93. The van der Waals surface area contributed by atoms with Gasteiger partial charge in [-0.2, -0.15) is 0 Å². The van der Waals surface area contributed by atoms with E-state index in [4.69, 9.17) is 21.1 Å². The number of aromatic nitrogens is 2. The van der Waals surface area contributed by atoms with Crippen molar-refractivity contribution < 1.29 is 14.3 Å². The summed E-state index contributed by atoms with van der Waals surface area (Å²) in [6.07, 6.45) is 0. The second-order valence-electron chi connectivity index (χ2n) is 6.21. The highest BCUT2D eigenvalue weighted by Gasteiger charge is 2.14. The molecule has 0 bridgehead atoms. The van der Waals surface area contributed by atoms with E-state index in [1.807, 2.05) is 19.1 Å². The molecular formula is C20H17ClN4O3. The lowest BCUT2D eigenvalue weighted by atomic mass is 10.2. The van der Waals surface area contributed by atoms with Crippen LogP contribution in [0.5, 0.6) is 11.5 Å². The molecule has 28 heavy (non-hydrogen) atoms. The van der Waals surface area contributed by atoms with Gasteiger partial charge in [-0.25, -0.2) is 0 Å². The fraction of sp³-hybridized carbons (Fsp3) is 0.150. The molecular weight excluding hydrogens is 380 g/mol. The highest BCUT2D eigenvalue weighted by atomic mass is 35.5. The van der Waals surface area contributed by atoms with Gasteiger partial charge in [-0.05, 0) is 48.9 Å². The third-order valence-electron chi connectivity index (χ3n) is 4.14. The first-order chi connectivity index (χ1) is 13.6. The molecule has 0 saturated heterocycles. The molecule has 142 valence electrons. The average Bonchev–Trinajstić information content (AvgIpc) is 2.71. The number of hydrogen-bond acceptors (Lipinski definition) is 6. The maximum absolute atomic E-state index is 12.4. The Labute approximate surface area is 166 Å². The number of nitrogens with one attached hydrogen (secondary N) is 2. The largest absolute Gasteiger partial charge is 0.486 e. The fourth-order valence-corrected chi connectivity index (χ4v) is 2.84. The number of ether oxygens (including phenoxy) is 2. The second-order valence-corrected chi connectivity index (χ2v) is 6.61. The zero-order chi connectivity index (χ0) is 19.5. The number of nitrogens with zero attached hydrogens (tertiary/aromatic N) is 2. The molecule has 0 atom stereocenters. The molecule has 0 unspecified atom stereocenters. The van der Waals surface area contributed by atoms with Gasteiger partial charge >= 0.3 is 0 Å². The van der Waals surface area contributed by atoms with E-state index in [1.54, 1.807) is 36.4 Å². The molecule has 1 aromatic heterocycles. The van der Waals surface area contributed by atoms with Gasteiger partial charge in [0.05, 0.1) is 0 Å². The number of anilines is 3. The molecule has 1 aliphatic heterocycles. The second kappa shape index (κ2) is 7.74. The minimum Gasteiger partial charge on any atom is -0.486 e. The zero-order valence-corrected chi connectivity index (χ0v) is 15.8. The fourth-order valence-electron chi connectivity index (χ4n) is 2.65. The van der Waals surface area contributed by atoms with Gasteiger partial charge < -0.3 is 20.1 Å². The van der Waals surface area contributed by atoms with Crippen LogP contribution in [0.25, 0.3) is 0 Å². The summed E-state index contributed by atoms with van der Waals surface area (Å²) in [6, 6.07) is 14.1. The molecule has 1 amide bonds. The number of halogens is 1. The lowest BCUT2D eigenvalue weighted by Gasteiger charge is -2.18. The van der Waals surface area contributed by atoms with Crippen LogP contribution in [0.3, 0.4) is 0 Å². The van der Waals surface area contributed by atoms with Crippen molar-refractivity contribution in [3.8, 4) is 11.5 Å². The summed E-state index contributed by atoms with van der Waals surface area (Å²) in [5, 5.41) is 14.6. The summed E-state index contributed by atoms with van der Waals surface area (Å²) >= 11 is 6.12. The van der Waals surface area contributed by atoms with Crippen molar-refractivity contribution in [1.29, 1.82) is 0 Å². The first-order valence-corrected chi connectivity index (χ1v) is 9.04. The van der Waals surface area contributed by atoms with Gasteiger partial charge in [0.2, 0.25) is 0 Å². The highest BCUT2D eigenvalue weighted by molar-refractivity contribution is 6.31. The van der Waals surface area contributed by atoms with Crippen LogP contribution in [0.4, 0.5) is 17.2 Å². The van der Waals surface area contributed by atoms with Gasteiger partial charge in [-0.3, -0.25) is 4.79 Å². The molecule has 2 N–H and O–H groups in total. The van der Waals surface area contributed by atoms with E-state index < -0.39 is 0 Å². The Balaban J connectivity index is 1.43. The van der Waals surface area contributed by atoms with E-state index in [0.717, 1.165) is 11.3 Å². The van der Waals surface area contributed by atoms with Crippen molar-refractivity contribution in [2.45, 2.75) is 6.92 Å². The van der Waals surface area contributed by atoms with Gasteiger partial charge in [0.15, 0.2) is 23.0 Å². The van der Waals surface area contributed by atoms with Gasteiger partial charge in [0.25, 0.3) is 5.91 Å². The van der Waals surface area contributed by atoms with Crippen molar-refractivity contribution in [1.82, 2.24) is 10.2 Å². The van der Waals surface area contributed by atoms with Crippen LogP contribution in [0, 0.1) is 6.92 Å². The van der Waals surface area contributed by atoms with Crippen LogP contribution >= 0.6 is 11.6 Å². The number of benzene rings is 2. The normalized spacial score (nSPS) is 12.4.